The van der Waals surface area contributed by atoms with Crippen LogP contribution in [0.4, 0.5) is 4.79 Å². The van der Waals surface area contributed by atoms with Gasteiger partial charge in [-0.05, 0) is 41.5 Å². The summed E-state index contributed by atoms with van der Waals surface area (Å²) in [4.78, 5) is 13.6. The SMILES string of the molecule is Cc1sc(CO)c(OCC(C)NC(=O)OC(C)(C)C)c1C. The van der Waals surface area contributed by atoms with Crippen molar-refractivity contribution in [3.8, 4) is 5.75 Å². The van der Waals surface area contributed by atoms with Crippen molar-refractivity contribution in [1.29, 1.82) is 0 Å². The van der Waals surface area contributed by atoms with E-state index in [2.05, 4.69) is 5.32 Å². The van der Waals surface area contributed by atoms with E-state index in [0.29, 0.717) is 6.61 Å². The number of thiophene rings is 1. The van der Waals surface area contributed by atoms with Crippen LogP contribution in [0, 0.1) is 13.8 Å². The fourth-order valence-electron chi connectivity index (χ4n) is 1.73. The zero-order valence-electron chi connectivity index (χ0n) is 13.6. The molecule has 0 fully saturated rings. The molecule has 1 rings (SSSR count). The summed E-state index contributed by atoms with van der Waals surface area (Å²) in [5, 5.41) is 12.1. The van der Waals surface area contributed by atoms with Crippen LogP contribution >= 0.6 is 11.3 Å². The Kier molecular flexibility index (Phi) is 6.04. The first-order valence-electron chi connectivity index (χ1n) is 6.96. The molecule has 0 radical (unpaired) electrons. The lowest BCUT2D eigenvalue weighted by molar-refractivity contribution is 0.0493. The number of ether oxygens (including phenoxy) is 2. The van der Waals surface area contributed by atoms with Crippen molar-refractivity contribution in [2.45, 2.75) is 59.8 Å². The van der Waals surface area contributed by atoms with Crippen LogP contribution in [0.25, 0.3) is 0 Å². The van der Waals surface area contributed by atoms with Crippen molar-refractivity contribution in [2.24, 2.45) is 0 Å². The van der Waals surface area contributed by atoms with Gasteiger partial charge in [-0.1, -0.05) is 0 Å². The lowest BCUT2D eigenvalue weighted by Gasteiger charge is -2.22. The molecule has 0 spiro atoms. The number of aliphatic hydroxyl groups excluding tert-OH is 1. The number of carbonyl (C=O) groups excluding carboxylic acids is 1. The number of carbonyl (C=O) groups is 1. The van der Waals surface area contributed by atoms with Gasteiger partial charge in [-0.15, -0.1) is 11.3 Å². The summed E-state index contributed by atoms with van der Waals surface area (Å²) in [6, 6.07) is -0.189. The Morgan fingerprint density at radius 3 is 2.52 bits per heavy atom. The standard InChI is InChI=1S/C15H25NO4S/c1-9(16-14(18)20-15(4,5)6)8-19-13-10(2)11(3)21-12(13)7-17/h9,17H,7-8H2,1-6H3,(H,16,18). The molecule has 0 saturated heterocycles. The van der Waals surface area contributed by atoms with E-state index in [1.54, 1.807) is 0 Å². The van der Waals surface area contributed by atoms with Crippen molar-refractivity contribution in [3.05, 3.63) is 15.3 Å². The molecule has 0 saturated carbocycles. The first-order valence-corrected chi connectivity index (χ1v) is 7.77. The van der Waals surface area contributed by atoms with Crippen molar-refractivity contribution in [3.63, 3.8) is 0 Å². The Bertz CT molecular complexity index is 491. The molecule has 1 aromatic rings. The van der Waals surface area contributed by atoms with Crippen LogP contribution < -0.4 is 10.1 Å². The summed E-state index contributed by atoms with van der Waals surface area (Å²) >= 11 is 1.53. The largest absolute Gasteiger partial charge is 0.490 e. The summed E-state index contributed by atoms with van der Waals surface area (Å²) in [6.45, 7) is 11.5. The molecule has 0 aliphatic heterocycles. The van der Waals surface area contributed by atoms with Gasteiger partial charge in [0.25, 0.3) is 0 Å². The molecule has 1 amide bonds. The minimum atomic E-state index is -0.518. The van der Waals surface area contributed by atoms with E-state index < -0.39 is 11.7 Å². The van der Waals surface area contributed by atoms with Gasteiger partial charge in [0.15, 0.2) is 0 Å². The first kappa shape index (κ1) is 17.8. The van der Waals surface area contributed by atoms with Crippen LogP contribution in [0.5, 0.6) is 5.75 Å². The highest BCUT2D eigenvalue weighted by Crippen LogP contribution is 2.34. The molecule has 1 unspecified atom stereocenters. The van der Waals surface area contributed by atoms with E-state index in [4.69, 9.17) is 9.47 Å². The second-order valence-electron chi connectivity index (χ2n) is 6.05. The van der Waals surface area contributed by atoms with Crippen LogP contribution in [0.3, 0.4) is 0 Å². The molecule has 1 aromatic heterocycles. The second-order valence-corrected chi connectivity index (χ2v) is 7.36. The Hall–Kier alpha value is -1.27. The second kappa shape index (κ2) is 7.13. The van der Waals surface area contributed by atoms with E-state index in [-0.39, 0.29) is 12.6 Å². The lowest BCUT2D eigenvalue weighted by atomic mass is 10.2. The van der Waals surface area contributed by atoms with Crippen LogP contribution in [0.15, 0.2) is 0 Å². The van der Waals surface area contributed by atoms with Gasteiger partial charge in [0.2, 0.25) is 0 Å². The normalized spacial score (nSPS) is 12.9. The third-order valence-corrected chi connectivity index (χ3v) is 3.96. The number of hydrogen-bond acceptors (Lipinski definition) is 5. The molecule has 5 nitrogen and oxygen atoms in total. The molecular formula is C15H25NO4S. The highest BCUT2D eigenvalue weighted by molar-refractivity contribution is 7.12. The van der Waals surface area contributed by atoms with Crippen molar-refractivity contribution < 1.29 is 19.4 Å². The zero-order valence-corrected chi connectivity index (χ0v) is 14.4. The van der Waals surface area contributed by atoms with Crippen molar-refractivity contribution >= 4 is 17.4 Å². The molecule has 0 aliphatic rings. The smallest absolute Gasteiger partial charge is 0.407 e. The minimum absolute atomic E-state index is 0.0391. The molecule has 0 aliphatic carbocycles. The van der Waals surface area contributed by atoms with Gasteiger partial charge in [0, 0.05) is 10.4 Å². The lowest BCUT2D eigenvalue weighted by Crippen LogP contribution is -2.40. The third-order valence-electron chi connectivity index (χ3n) is 2.78. The Labute approximate surface area is 130 Å². The fraction of sp³-hybridized carbons (Fsp3) is 0.667. The Balaban J connectivity index is 2.54. The molecule has 1 heterocycles. The van der Waals surface area contributed by atoms with Gasteiger partial charge in [-0.2, -0.15) is 0 Å². The predicted molar refractivity (Wildman–Crippen MR) is 84.0 cm³/mol. The van der Waals surface area contributed by atoms with Gasteiger partial charge in [-0.3, -0.25) is 0 Å². The van der Waals surface area contributed by atoms with Gasteiger partial charge in [0.1, 0.15) is 18.0 Å². The number of amides is 1. The minimum Gasteiger partial charge on any atom is -0.490 e. The maximum Gasteiger partial charge on any atom is 0.407 e. The molecule has 120 valence electrons. The van der Waals surface area contributed by atoms with E-state index in [9.17, 15) is 9.90 Å². The van der Waals surface area contributed by atoms with Gasteiger partial charge < -0.3 is 19.9 Å². The molecule has 1 atom stereocenters. The van der Waals surface area contributed by atoms with E-state index >= 15 is 0 Å². The number of aliphatic hydroxyl groups is 1. The number of aryl methyl sites for hydroxylation is 1. The highest BCUT2D eigenvalue weighted by Gasteiger charge is 2.19. The number of hydrogen-bond donors (Lipinski definition) is 2. The molecule has 0 aromatic carbocycles. The van der Waals surface area contributed by atoms with E-state index in [1.807, 2.05) is 41.5 Å². The molecule has 21 heavy (non-hydrogen) atoms. The summed E-state index contributed by atoms with van der Waals surface area (Å²) in [5.41, 5.74) is 0.518. The average molecular weight is 315 g/mol. The van der Waals surface area contributed by atoms with Crippen molar-refractivity contribution in [2.75, 3.05) is 6.61 Å². The van der Waals surface area contributed by atoms with Gasteiger partial charge >= 0.3 is 6.09 Å². The molecule has 0 bridgehead atoms. The Morgan fingerprint density at radius 1 is 1.38 bits per heavy atom. The van der Waals surface area contributed by atoms with Crippen LogP contribution in [0.1, 0.15) is 43.0 Å². The van der Waals surface area contributed by atoms with Gasteiger partial charge in [-0.25, -0.2) is 4.79 Å². The van der Waals surface area contributed by atoms with Crippen molar-refractivity contribution in [1.82, 2.24) is 5.32 Å². The summed E-state index contributed by atoms with van der Waals surface area (Å²) in [5.74, 6) is 0.720. The highest BCUT2D eigenvalue weighted by atomic mass is 32.1. The maximum atomic E-state index is 11.6. The maximum absolute atomic E-state index is 11.6. The number of alkyl carbamates (subject to hydrolysis) is 1. The quantitative estimate of drug-likeness (QED) is 0.876. The number of rotatable bonds is 5. The summed E-state index contributed by atoms with van der Waals surface area (Å²) in [6.07, 6.45) is -0.459. The Morgan fingerprint density at radius 2 is 2.00 bits per heavy atom. The average Bonchev–Trinajstić information content (AvgIpc) is 2.60. The van der Waals surface area contributed by atoms with E-state index in [1.165, 1.54) is 11.3 Å². The number of nitrogens with one attached hydrogen (secondary N) is 1. The summed E-state index contributed by atoms with van der Waals surface area (Å²) in [7, 11) is 0. The predicted octanol–water partition coefficient (Wildman–Crippen LogP) is 3.15. The monoisotopic (exact) mass is 315 g/mol. The third kappa shape index (κ3) is 5.55. The molecular weight excluding hydrogens is 290 g/mol. The van der Waals surface area contributed by atoms with Crippen LogP contribution in [0.2, 0.25) is 0 Å². The molecule has 2 N–H and O–H groups in total. The zero-order chi connectivity index (χ0) is 16.2. The van der Waals surface area contributed by atoms with Gasteiger partial charge in [0.05, 0.1) is 17.5 Å². The molecule has 6 heteroatoms. The van der Waals surface area contributed by atoms with Crippen LogP contribution in [-0.2, 0) is 11.3 Å². The first-order chi connectivity index (χ1) is 9.64. The fourth-order valence-corrected chi connectivity index (χ4v) is 2.71. The topological polar surface area (TPSA) is 67.8 Å². The van der Waals surface area contributed by atoms with Crippen LogP contribution in [-0.4, -0.2) is 29.4 Å². The van der Waals surface area contributed by atoms with E-state index in [0.717, 1.165) is 21.1 Å². The summed E-state index contributed by atoms with van der Waals surface area (Å²) < 4.78 is 10.9.